The summed E-state index contributed by atoms with van der Waals surface area (Å²) in [7, 11) is 2.01. The van der Waals surface area contributed by atoms with Gasteiger partial charge < -0.3 is 15.7 Å². The van der Waals surface area contributed by atoms with Crippen LogP contribution in [0.5, 0.6) is 0 Å². The number of aliphatic hydroxyl groups is 1. The molecular formula is C14H19FN2OS. The fraction of sp³-hybridized carbons (Fsp3) is 0.500. The van der Waals surface area contributed by atoms with Gasteiger partial charge in [-0.2, -0.15) is 0 Å². The van der Waals surface area contributed by atoms with Crippen LogP contribution in [0, 0.1) is 11.7 Å². The summed E-state index contributed by atoms with van der Waals surface area (Å²) in [6.07, 6.45) is 1.61. The molecule has 0 heterocycles. The Bertz CT molecular complexity index is 475. The Balaban J connectivity index is 1.99. The molecule has 0 spiro atoms. The van der Waals surface area contributed by atoms with Crippen LogP contribution in [0.4, 0.5) is 4.39 Å². The number of hydrogen-bond acceptors (Lipinski definition) is 3. The second kappa shape index (κ2) is 5.94. The molecule has 1 aliphatic carbocycles. The highest BCUT2D eigenvalue weighted by Gasteiger charge is 2.27. The Labute approximate surface area is 118 Å². The van der Waals surface area contributed by atoms with Gasteiger partial charge in [0, 0.05) is 18.7 Å². The highest BCUT2D eigenvalue weighted by atomic mass is 32.1. The van der Waals surface area contributed by atoms with Crippen LogP contribution in [0.25, 0.3) is 0 Å². The van der Waals surface area contributed by atoms with E-state index in [0.717, 1.165) is 24.9 Å². The summed E-state index contributed by atoms with van der Waals surface area (Å²) in [6, 6.07) is 4.55. The molecule has 0 amide bonds. The standard InChI is InChI=1S/C14H19FN2OS/c1-17(7-9-4-12(18)5-9)8-10-2-3-11(15)6-13(10)14(16)19/h2-3,6,9,12,18H,4-5,7-8H2,1H3,(H2,16,19). The summed E-state index contributed by atoms with van der Waals surface area (Å²) in [6.45, 7) is 1.60. The maximum absolute atomic E-state index is 13.2. The van der Waals surface area contributed by atoms with Crippen molar-refractivity contribution in [2.75, 3.05) is 13.6 Å². The van der Waals surface area contributed by atoms with Crippen molar-refractivity contribution in [2.45, 2.75) is 25.5 Å². The Morgan fingerprint density at radius 3 is 2.79 bits per heavy atom. The minimum absolute atomic E-state index is 0.128. The number of aliphatic hydroxyl groups excluding tert-OH is 1. The van der Waals surface area contributed by atoms with Gasteiger partial charge in [-0.3, -0.25) is 0 Å². The van der Waals surface area contributed by atoms with Crippen LogP contribution in [0.1, 0.15) is 24.0 Å². The van der Waals surface area contributed by atoms with Gasteiger partial charge in [0.25, 0.3) is 0 Å². The highest BCUT2D eigenvalue weighted by Crippen LogP contribution is 2.28. The average Bonchev–Trinajstić information content (AvgIpc) is 2.29. The molecule has 3 nitrogen and oxygen atoms in total. The first kappa shape index (κ1) is 14.4. The SMILES string of the molecule is CN(Cc1ccc(F)cc1C(N)=S)CC1CC(O)C1. The lowest BCUT2D eigenvalue weighted by Crippen LogP contribution is -2.37. The van der Waals surface area contributed by atoms with E-state index in [-0.39, 0.29) is 16.9 Å². The number of nitrogens with two attached hydrogens (primary N) is 1. The van der Waals surface area contributed by atoms with Crippen molar-refractivity contribution in [3.63, 3.8) is 0 Å². The molecule has 1 aliphatic rings. The zero-order valence-electron chi connectivity index (χ0n) is 11.0. The lowest BCUT2D eigenvalue weighted by atomic mass is 9.82. The fourth-order valence-electron chi connectivity index (χ4n) is 2.56. The first-order chi connectivity index (χ1) is 8.95. The molecule has 0 bridgehead atoms. The Morgan fingerprint density at radius 2 is 2.21 bits per heavy atom. The van der Waals surface area contributed by atoms with Crippen LogP contribution in [-0.2, 0) is 6.54 Å². The molecule has 1 saturated carbocycles. The van der Waals surface area contributed by atoms with E-state index in [1.165, 1.54) is 12.1 Å². The third-order valence-corrected chi connectivity index (χ3v) is 3.78. The summed E-state index contributed by atoms with van der Waals surface area (Å²) < 4.78 is 13.2. The molecule has 104 valence electrons. The lowest BCUT2D eigenvalue weighted by Gasteiger charge is -2.34. The van der Waals surface area contributed by atoms with E-state index in [9.17, 15) is 9.50 Å². The van der Waals surface area contributed by atoms with Crippen LogP contribution in [0.15, 0.2) is 18.2 Å². The molecule has 1 aromatic rings. The Hall–Kier alpha value is -1.04. The largest absolute Gasteiger partial charge is 0.393 e. The number of thiocarbonyl (C=S) groups is 1. The number of hydrogen-bond donors (Lipinski definition) is 2. The van der Waals surface area contributed by atoms with Gasteiger partial charge in [0.2, 0.25) is 0 Å². The molecule has 0 radical (unpaired) electrons. The average molecular weight is 282 g/mol. The van der Waals surface area contributed by atoms with Gasteiger partial charge in [-0.25, -0.2) is 4.39 Å². The van der Waals surface area contributed by atoms with Gasteiger partial charge in [0.15, 0.2) is 0 Å². The molecule has 0 aromatic heterocycles. The third kappa shape index (κ3) is 3.72. The van der Waals surface area contributed by atoms with Gasteiger partial charge in [0.05, 0.1) is 6.10 Å². The maximum Gasteiger partial charge on any atom is 0.123 e. The van der Waals surface area contributed by atoms with Crippen molar-refractivity contribution in [1.82, 2.24) is 4.90 Å². The molecule has 0 saturated heterocycles. The zero-order valence-corrected chi connectivity index (χ0v) is 11.8. The summed E-state index contributed by atoms with van der Waals surface area (Å²) >= 11 is 4.96. The number of nitrogens with zero attached hydrogens (tertiary/aromatic N) is 1. The van der Waals surface area contributed by atoms with Crippen LogP contribution in [0.2, 0.25) is 0 Å². The van der Waals surface area contributed by atoms with Crippen molar-refractivity contribution >= 4 is 17.2 Å². The topological polar surface area (TPSA) is 49.5 Å². The molecule has 1 fully saturated rings. The van der Waals surface area contributed by atoms with Gasteiger partial charge in [-0.05, 0) is 43.5 Å². The number of benzene rings is 1. The summed E-state index contributed by atoms with van der Waals surface area (Å²) in [5.74, 6) is 0.227. The monoisotopic (exact) mass is 282 g/mol. The molecule has 0 aliphatic heterocycles. The van der Waals surface area contributed by atoms with Gasteiger partial charge in [-0.1, -0.05) is 18.3 Å². The molecular weight excluding hydrogens is 263 g/mol. The number of halogens is 1. The van der Waals surface area contributed by atoms with Crippen LogP contribution in [0.3, 0.4) is 0 Å². The third-order valence-electron chi connectivity index (χ3n) is 3.56. The van der Waals surface area contributed by atoms with E-state index in [1.807, 2.05) is 7.05 Å². The normalized spacial score (nSPS) is 22.3. The van der Waals surface area contributed by atoms with E-state index in [2.05, 4.69) is 4.90 Å². The van der Waals surface area contributed by atoms with Crippen molar-refractivity contribution in [3.05, 3.63) is 35.1 Å². The van der Waals surface area contributed by atoms with Crippen molar-refractivity contribution in [1.29, 1.82) is 0 Å². The maximum atomic E-state index is 13.2. The van der Waals surface area contributed by atoms with E-state index < -0.39 is 0 Å². The molecule has 0 unspecified atom stereocenters. The molecule has 1 aromatic carbocycles. The van der Waals surface area contributed by atoms with Crippen molar-refractivity contribution < 1.29 is 9.50 Å². The van der Waals surface area contributed by atoms with E-state index in [4.69, 9.17) is 18.0 Å². The Kier molecular flexibility index (Phi) is 4.50. The summed E-state index contributed by atoms with van der Waals surface area (Å²) in [5.41, 5.74) is 7.18. The van der Waals surface area contributed by atoms with Crippen LogP contribution in [-0.4, -0.2) is 34.7 Å². The number of rotatable bonds is 5. The van der Waals surface area contributed by atoms with E-state index >= 15 is 0 Å². The predicted octanol–water partition coefficient (Wildman–Crippen LogP) is 1.66. The lowest BCUT2D eigenvalue weighted by molar-refractivity contribution is 0.0274. The Morgan fingerprint density at radius 1 is 1.53 bits per heavy atom. The van der Waals surface area contributed by atoms with Crippen LogP contribution >= 0.6 is 12.2 Å². The predicted molar refractivity (Wildman–Crippen MR) is 77.4 cm³/mol. The minimum Gasteiger partial charge on any atom is -0.393 e. The van der Waals surface area contributed by atoms with E-state index in [1.54, 1.807) is 6.07 Å². The van der Waals surface area contributed by atoms with E-state index in [0.29, 0.717) is 18.0 Å². The van der Waals surface area contributed by atoms with Crippen molar-refractivity contribution in [2.24, 2.45) is 11.7 Å². The zero-order chi connectivity index (χ0) is 14.0. The van der Waals surface area contributed by atoms with Gasteiger partial charge in [0.1, 0.15) is 10.8 Å². The summed E-state index contributed by atoms with van der Waals surface area (Å²) in [5, 5.41) is 9.27. The fourth-order valence-corrected chi connectivity index (χ4v) is 2.75. The van der Waals surface area contributed by atoms with Gasteiger partial charge >= 0.3 is 0 Å². The smallest absolute Gasteiger partial charge is 0.123 e. The summed E-state index contributed by atoms with van der Waals surface area (Å²) in [4.78, 5) is 2.38. The molecule has 3 N–H and O–H groups in total. The molecule has 2 rings (SSSR count). The molecule has 0 atom stereocenters. The first-order valence-electron chi connectivity index (χ1n) is 6.40. The van der Waals surface area contributed by atoms with Gasteiger partial charge in [-0.15, -0.1) is 0 Å². The highest BCUT2D eigenvalue weighted by molar-refractivity contribution is 7.80. The minimum atomic E-state index is -0.323. The van der Waals surface area contributed by atoms with Crippen LogP contribution < -0.4 is 5.73 Å². The second-order valence-corrected chi connectivity index (χ2v) is 5.79. The molecule has 5 heteroatoms. The van der Waals surface area contributed by atoms with Crippen molar-refractivity contribution in [3.8, 4) is 0 Å². The first-order valence-corrected chi connectivity index (χ1v) is 6.81. The molecule has 19 heavy (non-hydrogen) atoms. The quantitative estimate of drug-likeness (QED) is 0.807. The second-order valence-electron chi connectivity index (χ2n) is 5.35.